The van der Waals surface area contributed by atoms with Crippen LogP contribution >= 0.6 is 0 Å². The van der Waals surface area contributed by atoms with E-state index in [9.17, 15) is 35.9 Å². The molecule has 0 N–H and O–H groups in total. The molecule has 34 heavy (non-hydrogen) atoms. The fraction of sp³-hybridized carbons (Fsp3) is 0.250. The van der Waals surface area contributed by atoms with Gasteiger partial charge in [-0.15, -0.1) is 0 Å². The molecule has 1 saturated heterocycles. The predicted molar refractivity (Wildman–Crippen MR) is 108 cm³/mol. The summed E-state index contributed by atoms with van der Waals surface area (Å²) in [6.07, 6.45) is -7.99. The van der Waals surface area contributed by atoms with Crippen LogP contribution in [-0.2, 0) is 33.1 Å². The number of amides is 1. The van der Waals surface area contributed by atoms with Gasteiger partial charge in [0.2, 0.25) is 17.4 Å². The molecule has 4 nitrogen and oxygen atoms in total. The second-order valence-corrected chi connectivity index (χ2v) is 7.78. The fourth-order valence-electron chi connectivity index (χ4n) is 3.81. The summed E-state index contributed by atoms with van der Waals surface area (Å²) in [5.41, 5.74) is -4.51. The summed E-state index contributed by atoms with van der Waals surface area (Å²) in [4.78, 5) is 26.2. The number of halogens is 6. The third kappa shape index (κ3) is 4.56. The zero-order valence-corrected chi connectivity index (χ0v) is 17.2. The number of hydrogen-bond donors (Lipinski definition) is 0. The van der Waals surface area contributed by atoms with Crippen LogP contribution in [0.15, 0.2) is 60.7 Å². The van der Waals surface area contributed by atoms with E-state index in [1.54, 1.807) is 30.3 Å². The third-order valence-corrected chi connectivity index (χ3v) is 5.38. The predicted octanol–water partition coefficient (Wildman–Crippen LogP) is 4.78. The molecule has 1 amide bonds. The van der Waals surface area contributed by atoms with Gasteiger partial charge in [0.25, 0.3) is 0 Å². The lowest BCUT2D eigenvalue weighted by molar-refractivity contribution is -0.143. The number of ether oxygens (including phenoxy) is 1. The minimum absolute atomic E-state index is 0.0351. The molecule has 1 fully saturated rings. The van der Waals surface area contributed by atoms with Crippen molar-refractivity contribution >= 4 is 17.4 Å². The van der Waals surface area contributed by atoms with Crippen LogP contribution in [0.1, 0.15) is 16.7 Å². The standard InChI is InChI=1S/C24H15F6NO3/c25-23(26,27)17-11-15(12-18(13-17)24(28,29)30)10-16-14-34-22(8-6-20(32)7-9-22)31(21(16)33)19-4-2-1-3-5-19/h1-6,8,11-13,16H,10,14H2/t16-,22?/m0/s1. The van der Waals surface area contributed by atoms with E-state index in [0.29, 0.717) is 17.8 Å². The number of nitrogens with zero attached hydrogens (tertiary/aromatic N) is 1. The first-order chi connectivity index (χ1) is 15.9. The second-order valence-electron chi connectivity index (χ2n) is 7.78. The number of anilines is 1. The molecule has 0 saturated carbocycles. The van der Waals surface area contributed by atoms with Crippen molar-refractivity contribution in [2.45, 2.75) is 24.5 Å². The van der Waals surface area contributed by atoms with Crippen LogP contribution < -0.4 is 4.90 Å². The largest absolute Gasteiger partial charge is 0.416 e. The summed E-state index contributed by atoms with van der Waals surface area (Å²) in [7, 11) is 0. The van der Waals surface area contributed by atoms with E-state index in [0.717, 1.165) is 11.0 Å². The maximum Gasteiger partial charge on any atom is 0.416 e. The van der Waals surface area contributed by atoms with Gasteiger partial charge in [-0.25, -0.2) is 0 Å². The lowest BCUT2D eigenvalue weighted by atomic mass is 9.91. The number of allylic oxidation sites excluding steroid dienone is 1. The van der Waals surface area contributed by atoms with Crippen molar-refractivity contribution in [2.75, 3.05) is 11.5 Å². The molecule has 2 aromatic carbocycles. The highest BCUT2D eigenvalue weighted by Crippen LogP contribution is 2.38. The number of hydrogen-bond acceptors (Lipinski definition) is 3. The minimum atomic E-state index is -5.00. The molecule has 1 unspecified atom stereocenters. The fourth-order valence-corrected chi connectivity index (χ4v) is 3.81. The zero-order chi connectivity index (χ0) is 24.7. The van der Waals surface area contributed by atoms with Crippen molar-refractivity contribution < 1.29 is 40.7 Å². The van der Waals surface area contributed by atoms with Gasteiger partial charge < -0.3 is 4.74 Å². The molecule has 4 rings (SSSR count). The first-order valence-corrected chi connectivity index (χ1v) is 9.97. The molecule has 0 bridgehead atoms. The average Bonchev–Trinajstić information content (AvgIpc) is 2.77. The Kier molecular flexibility index (Phi) is 5.77. The molecular formula is C24H15F6NO3. The summed E-state index contributed by atoms with van der Waals surface area (Å²) in [6.45, 7) is -0.326. The van der Waals surface area contributed by atoms with Crippen molar-refractivity contribution in [3.8, 4) is 11.8 Å². The Hall–Kier alpha value is -3.58. The number of carbonyl (C=O) groups excluding carboxylic acids is 2. The highest BCUT2D eigenvalue weighted by atomic mass is 19.4. The van der Waals surface area contributed by atoms with Crippen LogP contribution in [0.4, 0.5) is 32.0 Å². The Bertz CT molecular complexity index is 1190. The van der Waals surface area contributed by atoms with E-state index in [2.05, 4.69) is 11.8 Å². The molecule has 1 aliphatic carbocycles. The second kappa shape index (κ2) is 8.33. The van der Waals surface area contributed by atoms with Gasteiger partial charge in [0.05, 0.1) is 23.7 Å². The highest BCUT2D eigenvalue weighted by Gasteiger charge is 2.47. The summed E-state index contributed by atoms with van der Waals surface area (Å²) in [5, 5.41) is 0. The number of alkyl halides is 6. The van der Waals surface area contributed by atoms with Gasteiger partial charge >= 0.3 is 12.4 Å². The number of carbonyl (C=O) groups is 2. The van der Waals surface area contributed by atoms with Crippen LogP contribution in [-0.4, -0.2) is 24.0 Å². The van der Waals surface area contributed by atoms with Crippen LogP contribution in [0.5, 0.6) is 0 Å². The van der Waals surface area contributed by atoms with Crippen molar-refractivity contribution in [1.29, 1.82) is 0 Å². The molecule has 176 valence electrons. The highest BCUT2D eigenvalue weighted by molar-refractivity contribution is 6.07. The molecule has 0 radical (unpaired) electrons. The topological polar surface area (TPSA) is 46.6 Å². The molecule has 1 heterocycles. The summed E-state index contributed by atoms with van der Waals surface area (Å²) in [5.74, 6) is 2.73. The SMILES string of the molecule is O=C1C#CC2(C=C1)OC[C@H](Cc1cc(C(F)(F)F)cc(C(F)(F)F)c1)C(=O)N2c1ccccc1. The van der Waals surface area contributed by atoms with Crippen LogP contribution in [0, 0.1) is 17.8 Å². The van der Waals surface area contributed by atoms with Gasteiger partial charge in [0.15, 0.2) is 0 Å². The lowest BCUT2D eigenvalue weighted by Gasteiger charge is -2.44. The van der Waals surface area contributed by atoms with Crippen molar-refractivity contribution in [1.82, 2.24) is 0 Å². The molecule has 2 aliphatic rings. The Labute approximate surface area is 189 Å². The van der Waals surface area contributed by atoms with Crippen LogP contribution in [0.2, 0.25) is 0 Å². The van der Waals surface area contributed by atoms with Crippen LogP contribution in [0.3, 0.4) is 0 Å². The van der Waals surface area contributed by atoms with Gasteiger partial charge in [-0.05, 0) is 66.3 Å². The van der Waals surface area contributed by atoms with Gasteiger partial charge in [-0.1, -0.05) is 18.2 Å². The molecule has 10 heteroatoms. The maximum absolute atomic E-state index is 13.5. The van der Waals surface area contributed by atoms with E-state index in [1.165, 1.54) is 6.08 Å². The smallest absolute Gasteiger partial charge is 0.340 e. The van der Waals surface area contributed by atoms with E-state index < -0.39 is 53.2 Å². The number of ketones is 1. The average molecular weight is 479 g/mol. The van der Waals surface area contributed by atoms with Crippen molar-refractivity contribution in [3.63, 3.8) is 0 Å². The van der Waals surface area contributed by atoms with E-state index in [1.807, 2.05) is 0 Å². The first kappa shape index (κ1) is 23.6. The Morgan fingerprint density at radius 1 is 0.971 bits per heavy atom. The van der Waals surface area contributed by atoms with E-state index in [-0.39, 0.29) is 18.2 Å². The summed E-state index contributed by atoms with van der Waals surface area (Å²) in [6, 6.07) is 9.33. The van der Waals surface area contributed by atoms with E-state index in [4.69, 9.17) is 4.74 Å². The summed E-state index contributed by atoms with van der Waals surface area (Å²) >= 11 is 0. The number of rotatable bonds is 3. The molecule has 2 aromatic rings. The molecule has 2 atom stereocenters. The van der Waals surface area contributed by atoms with Crippen molar-refractivity contribution in [2.24, 2.45) is 5.92 Å². The summed E-state index contributed by atoms with van der Waals surface area (Å²) < 4.78 is 85.2. The Balaban J connectivity index is 1.72. The monoisotopic (exact) mass is 479 g/mol. The minimum Gasteiger partial charge on any atom is -0.340 e. The molecule has 0 aromatic heterocycles. The normalized spacial score (nSPS) is 22.6. The van der Waals surface area contributed by atoms with Gasteiger partial charge in [0.1, 0.15) is 0 Å². The zero-order valence-electron chi connectivity index (χ0n) is 17.2. The maximum atomic E-state index is 13.5. The van der Waals surface area contributed by atoms with Crippen molar-refractivity contribution in [3.05, 3.63) is 77.4 Å². The Morgan fingerprint density at radius 2 is 1.59 bits per heavy atom. The third-order valence-electron chi connectivity index (χ3n) is 5.38. The van der Waals surface area contributed by atoms with E-state index >= 15 is 0 Å². The molecular weight excluding hydrogens is 464 g/mol. The number of benzene rings is 2. The molecule has 1 aliphatic heterocycles. The first-order valence-electron chi connectivity index (χ1n) is 9.97. The number of para-hydroxylation sites is 1. The van der Waals surface area contributed by atoms with Crippen LogP contribution in [0.25, 0.3) is 0 Å². The lowest BCUT2D eigenvalue weighted by Crippen LogP contribution is -2.60. The Morgan fingerprint density at radius 3 is 2.12 bits per heavy atom. The van der Waals surface area contributed by atoms with Gasteiger partial charge in [-0.3, -0.25) is 14.5 Å². The quantitative estimate of drug-likeness (QED) is 0.362. The van der Waals surface area contributed by atoms with Gasteiger partial charge in [-0.2, -0.15) is 26.3 Å². The van der Waals surface area contributed by atoms with Gasteiger partial charge in [0, 0.05) is 5.69 Å². The molecule has 1 spiro atoms.